The minimum atomic E-state index is -0.00125. The molecule has 0 aromatic heterocycles. The minimum Gasteiger partial charge on any atom is -0.482 e. The molecule has 2 N–H and O–H groups in total. The quantitative estimate of drug-likeness (QED) is 0.260. The highest BCUT2D eigenvalue weighted by atomic mass is 127. The third-order valence-electron chi connectivity index (χ3n) is 4.54. The van der Waals surface area contributed by atoms with Crippen molar-refractivity contribution in [2.75, 3.05) is 31.1 Å². The molecule has 0 saturated heterocycles. The fourth-order valence-electron chi connectivity index (χ4n) is 3.05. The van der Waals surface area contributed by atoms with Crippen molar-refractivity contribution < 1.29 is 9.53 Å². The molecule has 1 aliphatic heterocycles. The summed E-state index contributed by atoms with van der Waals surface area (Å²) in [7, 11) is 0. The van der Waals surface area contributed by atoms with Crippen molar-refractivity contribution >= 4 is 41.5 Å². The standard InChI is InChI=1S/C22H28N4O2.HI/c1-3-23-22(25-15-18-11-9-17(2)10-12-18)24-13-6-14-26-19-7-4-5-8-20(19)28-16-21(26)27;/h4-5,7-12H,3,6,13-16H2,1-2H3,(H2,23,24,25);1H. The summed E-state index contributed by atoms with van der Waals surface area (Å²) >= 11 is 0. The zero-order valence-corrected chi connectivity index (χ0v) is 19.3. The Hall–Kier alpha value is -2.29. The number of carbonyl (C=O) groups is 1. The highest BCUT2D eigenvalue weighted by Crippen LogP contribution is 2.31. The van der Waals surface area contributed by atoms with Crippen molar-refractivity contribution in [1.82, 2.24) is 10.6 Å². The Morgan fingerprint density at radius 3 is 2.66 bits per heavy atom. The summed E-state index contributed by atoms with van der Waals surface area (Å²) < 4.78 is 5.49. The number of aryl methyl sites for hydroxylation is 1. The van der Waals surface area contributed by atoms with Gasteiger partial charge < -0.3 is 20.3 Å². The monoisotopic (exact) mass is 508 g/mol. The molecule has 156 valence electrons. The number of nitrogens with zero attached hydrogens (tertiary/aromatic N) is 2. The fraction of sp³-hybridized carbons (Fsp3) is 0.364. The molecule has 7 heteroatoms. The Morgan fingerprint density at radius 1 is 1.14 bits per heavy atom. The second kappa shape index (κ2) is 11.6. The van der Waals surface area contributed by atoms with Crippen LogP contribution in [0.3, 0.4) is 0 Å². The van der Waals surface area contributed by atoms with E-state index in [-0.39, 0.29) is 36.5 Å². The number of fused-ring (bicyclic) bond motifs is 1. The number of anilines is 1. The molecule has 3 rings (SSSR count). The Labute approximate surface area is 189 Å². The van der Waals surface area contributed by atoms with Gasteiger partial charge in [-0.15, -0.1) is 24.0 Å². The molecule has 2 aromatic carbocycles. The topological polar surface area (TPSA) is 66.0 Å². The van der Waals surface area contributed by atoms with E-state index < -0.39 is 0 Å². The van der Waals surface area contributed by atoms with Crippen LogP contribution in [0.25, 0.3) is 0 Å². The first-order chi connectivity index (χ1) is 13.7. The molecule has 0 bridgehead atoms. The molecule has 0 fully saturated rings. The number of nitrogens with one attached hydrogen (secondary N) is 2. The summed E-state index contributed by atoms with van der Waals surface area (Å²) in [6.07, 6.45) is 0.815. The summed E-state index contributed by atoms with van der Waals surface area (Å²) in [5, 5.41) is 6.62. The van der Waals surface area contributed by atoms with E-state index in [1.165, 1.54) is 11.1 Å². The lowest BCUT2D eigenvalue weighted by Crippen LogP contribution is -2.42. The van der Waals surface area contributed by atoms with Gasteiger partial charge in [0.2, 0.25) is 0 Å². The molecule has 0 aliphatic carbocycles. The molecule has 0 radical (unpaired) electrons. The van der Waals surface area contributed by atoms with Crippen LogP contribution in [-0.2, 0) is 11.3 Å². The number of hydrogen-bond donors (Lipinski definition) is 2. The van der Waals surface area contributed by atoms with Gasteiger partial charge in [0.25, 0.3) is 5.91 Å². The van der Waals surface area contributed by atoms with Crippen LogP contribution in [-0.4, -0.2) is 38.1 Å². The molecular weight excluding hydrogens is 479 g/mol. The van der Waals surface area contributed by atoms with Crippen LogP contribution in [0.2, 0.25) is 0 Å². The van der Waals surface area contributed by atoms with Crippen molar-refractivity contribution in [3.05, 3.63) is 59.7 Å². The van der Waals surface area contributed by atoms with Gasteiger partial charge in [0.15, 0.2) is 12.6 Å². The number of rotatable bonds is 7. The first-order valence-corrected chi connectivity index (χ1v) is 9.77. The van der Waals surface area contributed by atoms with Gasteiger partial charge in [0.1, 0.15) is 5.75 Å². The van der Waals surface area contributed by atoms with Crippen molar-refractivity contribution in [3.63, 3.8) is 0 Å². The SMILES string of the molecule is CCNC(=NCc1ccc(C)cc1)NCCCN1C(=O)COc2ccccc21.I. The summed E-state index contributed by atoms with van der Waals surface area (Å²) in [4.78, 5) is 18.7. The molecule has 6 nitrogen and oxygen atoms in total. The number of para-hydroxylation sites is 2. The van der Waals surface area contributed by atoms with Crippen LogP contribution in [0.5, 0.6) is 5.75 Å². The number of benzene rings is 2. The van der Waals surface area contributed by atoms with E-state index in [1.54, 1.807) is 4.90 Å². The number of ether oxygens (including phenoxy) is 1. The predicted molar refractivity (Wildman–Crippen MR) is 128 cm³/mol. The van der Waals surface area contributed by atoms with E-state index >= 15 is 0 Å². The molecule has 0 unspecified atom stereocenters. The summed E-state index contributed by atoms with van der Waals surface area (Å²) in [6.45, 7) is 7.03. The van der Waals surface area contributed by atoms with Crippen LogP contribution < -0.4 is 20.3 Å². The molecule has 0 spiro atoms. The van der Waals surface area contributed by atoms with E-state index in [1.807, 2.05) is 31.2 Å². The Balaban J connectivity index is 0.00000300. The van der Waals surface area contributed by atoms with E-state index in [9.17, 15) is 4.79 Å². The van der Waals surface area contributed by atoms with Gasteiger partial charge in [-0.25, -0.2) is 4.99 Å². The van der Waals surface area contributed by atoms with Crippen LogP contribution in [0, 0.1) is 6.92 Å². The predicted octanol–water partition coefficient (Wildman–Crippen LogP) is 3.48. The molecule has 1 heterocycles. The van der Waals surface area contributed by atoms with Gasteiger partial charge in [0, 0.05) is 19.6 Å². The number of halogens is 1. The van der Waals surface area contributed by atoms with Crippen molar-refractivity contribution in [3.8, 4) is 5.75 Å². The number of carbonyl (C=O) groups excluding carboxylic acids is 1. The smallest absolute Gasteiger partial charge is 0.265 e. The first kappa shape index (κ1) is 23.0. The second-order valence-corrected chi connectivity index (χ2v) is 6.76. The van der Waals surface area contributed by atoms with Gasteiger partial charge in [-0.3, -0.25) is 4.79 Å². The Morgan fingerprint density at radius 2 is 1.90 bits per heavy atom. The Kier molecular flexibility index (Phi) is 9.24. The molecule has 1 amide bonds. The van der Waals surface area contributed by atoms with Crippen LogP contribution >= 0.6 is 24.0 Å². The molecular formula is C22H29IN4O2. The fourth-order valence-corrected chi connectivity index (χ4v) is 3.05. The molecule has 29 heavy (non-hydrogen) atoms. The van der Waals surface area contributed by atoms with E-state index in [0.29, 0.717) is 13.1 Å². The summed E-state index contributed by atoms with van der Waals surface area (Å²) in [5.74, 6) is 1.55. The van der Waals surface area contributed by atoms with Crippen LogP contribution in [0.4, 0.5) is 5.69 Å². The molecule has 2 aromatic rings. The average molecular weight is 508 g/mol. The van der Waals surface area contributed by atoms with Crippen molar-refractivity contribution in [1.29, 1.82) is 0 Å². The van der Waals surface area contributed by atoms with Gasteiger partial charge in [-0.2, -0.15) is 0 Å². The zero-order valence-electron chi connectivity index (χ0n) is 17.0. The third kappa shape index (κ3) is 6.62. The lowest BCUT2D eigenvalue weighted by molar-refractivity contribution is -0.121. The maximum absolute atomic E-state index is 12.2. The normalized spacial score (nSPS) is 13.2. The Bertz CT molecular complexity index is 824. The molecule has 0 atom stereocenters. The maximum atomic E-state index is 12.2. The largest absolute Gasteiger partial charge is 0.482 e. The van der Waals surface area contributed by atoms with E-state index in [4.69, 9.17) is 4.74 Å². The summed E-state index contributed by atoms with van der Waals surface area (Å²) in [5.41, 5.74) is 3.27. The number of hydrogen-bond acceptors (Lipinski definition) is 3. The van der Waals surface area contributed by atoms with E-state index in [0.717, 1.165) is 36.9 Å². The number of aliphatic imine (C=N–C) groups is 1. The van der Waals surface area contributed by atoms with Gasteiger partial charge in [0.05, 0.1) is 12.2 Å². The highest BCUT2D eigenvalue weighted by molar-refractivity contribution is 14.0. The number of amides is 1. The first-order valence-electron chi connectivity index (χ1n) is 9.77. The van der Waals surface area contributed by atoms with Gasteiger partial charge >= 0.3 is 0 Å². The lowest BCUT2D eigenvalue weighted by atomic mass is 10.1. The van der Waals surface area contributed by atoms with Gasteiger partial charge in [-0.1, -0.05) is 42.0 Å². The van der Waals surface area contributed by atoms with Crippen molar-refractivity contribution in [2.24, 2.45) is 4.99 Å². The highest BCUT2D eigenvalue weighted by Gasteiger charge is 2.24. The van der Waals surface area contributed by atoms with E-state index in [2.05, 4.69) is 46.8 Å². The van der Waals surface area contributed by atoms with Crippen molar-refractivity contribution in [2.45, 2.75) is 26.8 Å². The van der Waals surface area contributed by atoms with Crippen LogP contribution in [0.1, 0.15) is 24.5 Å². The lowest BCUT2D eigenvalue weighted by Gasteiger charge is -2.29. The minimum absolute atomic E-state index is 0. The third-order valence-corrected chi connectivity index (χ3v) is 4.54. The van der Waals surface area contributed by atoms with Crippen LogP contribution in [0.15, 0.2) is 53.5 Å². The molecule has 1 aliphatic rings. The summed E-state index contributed by atoms with van der Waals surface area (Å²) in [6, 6.07) is 16.1. The molecule has 0 saturated carbocycles. The second-order valence-electron chi connectivity index (χ2n) is 6.76. The zero-order chi connectivity index (χ0) is 19.8. The maximum Gasteiger partial charge on any atom is 0.265 e. The van der Waals surface area contributed by atoms with Gasteiger partial charge in [-0.05, 0) is 38.0 Å². The average Bonchev–Trinajstić information content (AvgIpc) is 2.71. The number of guanidine groups is 1.